The monoisotopic (exact) mass is 384 g/mol. The maximum absolute atomic E-state index is 12.9. The number of nitrogens with zero attached hydrogens (tertiary/aromatic N) is 3. The van der Waals surface area contributed by atoms with Crippen molar-refractivity contribution in [3.63, 3.8) is 0 Å². The van der Waals surface area contributed by atoms with Crippen LogP contribution in [0.2, 0.25) is 0 Å². The quantitative estimate of drug-likeness (QED) is 0.634. The summed E-state index contributed by atoms with van der Waals surface area (Å²) in [5, 5.41) is 11.7. The number of hydrogen-bond donors (Lipinski definition) is 1. The highest BCUT2D eigenvalue weighted by Gasteiger charge is 2.19. The number of carbonyl (C=O) groups is 1. The van der Waals surface area contributed by atoms with E-state index in [-0.39, 0.29) is 17.0 Å². The van der Waals surface area contributed by atoms with E-state index in [1.54, 1.807) is 12.1 Å². The fourth-order valence-corrected chi connectivity index (χ4v) is 3.43. The van der Waals surface area contributed by atoms with Gasteiger partial charge in [-0.15, -0.1) is 10.2 Å². The molecule has 1 amide bonds. The van der Waals surface area contributed by atoms with E-state index in [9.17, 15) is 9.18 Å². The van der Waals surface area contributed by atoms with Crippen LogP contribution in [0.3, 0.4) is 0 Å². The van der Waals surface area contributed by atoms with Crippen molar-refractivity contribution in [1.82, 2.24) is 20.1 Å². The molecular weight excluding hydrogens is 363 g/mol. The van der Waals surface area contributed by atoms with Gasteiger partial charge in [-0.1, -0.05) is 54.2 Å². The highest BCUT2D eigenvalue weighted by Crippen LogP contribution is 2.25. The van der Waals surface area contributed by atoms with Crippen LogP contribution in [-0.2, 0) is 18.3 Å². The van der Waals surface area contributed by atoms with Crippen LogP contribution < -0.4 is 5.32 Å². The molecule has 1 heterocycles. The molecule has 1 atom stereocenters. The Hall–Kier alpha value is -2.67. The van der Waals surface area contributed by atoms with E-state index in [4.69, 9.17) is 0 Å². The Morgan fingerprint density at radius 3 is 2.56 bits per heavy atom. The highest BCUT2D eigenvalue weighted by atomic mass is 32.2. The highest BCUT2D eigenvalue weighted by molar-refractivity contribution is 8.00. The zero-order valence-electron chi connectivity index (χ0n) is 15.2. The van der Waals surface area contributed by atoms with Crippen molar-refractivity contribution in [3.8, 4) is 11.4 Å². The second-order valence-electron chi connectivity index (χ2n) is 6.16. The Bertz CT molecular complexity index is 896. The Morgan fingerprint density at radius 1 is 1.15 bits per heavy atom. The predicted octanol–water partition coefficient (Wildman–Crippen LogP) is 3.46. The van der Waals surface area contributed by atoms with E-state index in [1.165, 1.54) is 23.9 Å². The number of hydrogen-bond acceptors (Lipinski definition) is 4. The molecule has 2 aromatic carbocycles. The summed E-state index contributed by atoms with van der Waals surface area (Å²) in [6, 6.07) is 16.1. The van der Waals surface area contributed by atoms with Gasteiger partial charge in [-0.25, -0.2) is 4.39 Å². The van der Waals surface area contributed by atoms with Gasteiger partial charge < -0.3 is 9.88 Å². The van der Waals surface area contributed by atoms with Crippen molar-refractivity contribution >= 4 is 17.7 Å². The molecule has 1 N–H and O–H groups in total. The smallest absolute Gasteiger partial charge is 0.233 e. The lowest BCUT2D eigenvalue weighted by molar-refractivity contribution is -0.120. The average Bonchev–Trinajstić information content (AvgIpc) is 3.04. The molecule has 3 aromatic rings. The zero-order chi connectivity index (χ0) is 19.2. The normalized spacial score (nSPS) is 12.0. The summed E-state index contributed by atoms with van der Waals surface area (Å²) in [4.78, 5) is 12.3. The SMILES string of the molecule is C[C@H](Sc1nnc(-c2ccccc2)n1C)C(=O)NCCc1ccc(F)cc1. The summed E-state index contributed by atoms with van der Waals surface area (Å²) in [6.07, 6.45) is 0.658. The second kappa shape index (κ2) is 8.81. The number of rotatable bonds is 7. The molecule has 0 spiro atoms. The average molecular weight is 384 g/mol. The number of thioether (sulfide) groups is 1. The van der Waals surface area contributed by atoms with E-state index in [1.807, 2.05) is 48.9 Å². The van der Waals surface area contributed by atoms with Crippen molar-refractivity contribution in [1.29, 1.82) is 0 Å². The first-order valence-electron chi connectivity index (χ1n) is 8.68. The molecule has 0 fully saturated rings. The molecule has 27 heavy (non-hydrogen) atoms. The molecule has 0 saturated heterocycles. The number of amides is 1. The minimum Gasteiger partial charge on any atom is -0.355 e. The Balaban J connectivity index is 1.54. The van der Waals surface area contributed by atoms with E-state index in [0.29, 0.717) is 18.1 Å². The zero-order valence-corrected chi connectivity index (χ0v) is 16.0. The third-order valence-electron chi connectivity index (χ3n) is 4.14. The summed E-state index contributed by atoms with van der Waals surface area (Å²) in [5.41, 5.74) is 1.97. The van der Waals surface area contributed by atoms with Gasteiger partial charge in [0.25, 0.3) is 0 Å². The van der Waals surface area contributed by atoms with E-state index in [0.717, 1.165) is 17.0 Å². The van der Waals surface area contributed by atoms with Crippen LogP contribution in [0.15, 0.2) is 59.8 Å². The number of benzene rings is 2. The van der Waals surface area contributed by atoms with Crippen LogP contribution in [0, 0.1) is 5.82 Å². The summed E-state index contributed by atoms with van der Waals surface area (Å²) in [5.74, 6) is 0.444. The summed E-state index contributed by atoms with van der Waals surface area (Å²) < 4.78 is 14.8. The van der Waals surface area contributed by atoms with E-state index >= 15 is 0 Å². The standard InChI is InChI=1S/C20H21FN4OS/c1-14(19(26)22-13-12-15-8-10-17(21)11-9-15)27-20-24-23-18(25(20)2)16-6-4-3-5-7-16/h3-11,14H,12-13H2,1-2H3,(H,22,26)/t14-/m0/s1. The van der Waals surface area contributed by atoms with Gasteiger partial charge in [-0.3, -0.25) is 4.79 Å². The lowest BCUT2D eigenvalue weighted by Gasteiger charge is -2.11. The van der Waals surface area contributed by atoms with Crippen molar-refractivity contribution in [2.24, 2.45) is 7.05 Å². The lowest BCUT2D eigenvalue weighted by atomic mass is 10.1. The molecule has 0 bridgehead atoms. The van der Waals surface area contributed by atoms with Gasteiger partial charge >= 0.3 is 0 Å². The molecule has 1 aromatic heterocycles. The number of carbonyl (C=O) groups excluding carboxylic acids is 1. The molecular formula is C20H21FN4OS. The van der Waals surface area contributed by atoms with Gasteiger partial charge in [0, 0.05) is 19.2 Å². The molecule has 0 unspecified atom stereocenters. The van der Waals surface area contributed by atoms with Crippen LogP contribution in [0.25, 0.3) is 11.4 Å². The van der Waals surface area contributed by atoms with E-state index in [2.05, 4.69) is 15.5 Å². The first-order chi connectivity index (χ1) is 13.0. The fourth-order valence-electron chi connectivity index (χ4n) is 2.59. The molecule has 0 radical (unpaired) electrons. The van der Waals surface area contributed by atoms with E-state index < -0.39 is 0 Å². The fraction of sp³-hybridized carbons (Fsp3) is 0.250. The number of aromatic nitrogens is 3. The molecule has 0 aliphatic carbocycles. The molecule has 5 nitrogen and oxygen atoms in total. The molecule has 7 heteroatoms. The van der Waals surface area contributed by atoms with Gasteiger partial charge in [0.05, 0.1) is 5.25 Å². The van der Waals surface area contributed by atoms with Crippen molar-refractivity contribution < 1.29 is 9.18 Å². The minimum atomic E-state index is -0.301. The number of halogens is 1. The first kappa shape index (κ1) is 19.1. The van der Waals surface area contributed by atoms with Gasteiger partial charge in [0.15, 0.2) is 11.0 Å². The Morgan fingerprint density at radius 2 is 1.85 bits per heavy atom. The third kappa shape index (κ3) is 4.95. The minimum absolute atomic E-state index is 0.0635. The van der Waals surface area contributed by atoms with Crippen molar-refractivity contribution in [2.75, 3.05) is 6.54 Å². The van der Waals surface area contributed by atoms with Crippen LogP contribution >= 0.6 is 11.8 Å². The van der Waals surface area contributed by atoms with Gasteiger partial charge in [0.2, 0.25) is 5.91 Å². The maximum atomic E-state index is 12.9. The molecule has 0 saturated carbocycles. The third-order valence-corrected chi connectivity index (χ3v) is 5.28. The van der Waals surface area contributed by atoms with Crippen molar-refractivity contribution in [2.45, 2.75) is 23.8 Å². The summed E-state index contributed by atoms with van der Waals surface area (Å²) >= 11 is 1.37. The predicted molar refractivity (Wildman–Crippen MR) is 105 cm³/mol. The van der Waals surface area contributed by atoms with Gasteiger partial charge in [-0.2, -0.15) is 0 Å². The van der Waals surface area contributed by atoms with Crippen LogP contribution in [-0.4, -0.2) is 32.5 Å². The summed E-state index contributed by atoms with van der Waals surface area (Å²) in [7, 11) is 1.89. The molecule has 3 rings (SSSR count). The topological polar surface area (TPSA) is 59.8 Å². The van der Waals surface area contributed by atoms with Crippen LogP contribution in [0.1, 0.15) is 12.5 Å². The Kier molecular flexibility index (Phi) is 6.24. The van der Waals surface area contributed by atoms with Gasteiger partial charge in [0.1, 0.15) is 5.82 Å². The molecule has 0 aliphatic rings. The molecule has 140 valence electrons. The maximum Gasteiger partial charge on any atom is 0.233 e. The molecule has 0 aliphatic heterocycles. The largest absolute Gasteiger partial charge is 0.355 e. The van der Waals surface area contributed by atoms with Crippen molar-refractivity contribution in [3.05, 3.63) is 66.0 Å². The number of nitrogens with one attached hydrogen (secondary N) is 1. The van der Waals surface area contributed by atoms with Gasteiger partial charge in [-0.05, 0) is 31.0 Å². The summed E-state index contributed by atoms with van der Waals surface area (Å²) in [6.45, 7) is 2.35. The van der Waals surface area contributed by atoms with Crippen LogP contribution in [0.4, 0.5) is 4.39 Å². The second-order valence-corrected chi connectivity index (χ2v) is 7.47. The van der Waals surface area contributed by atoms with Crippen LogP contribution in [0.5, 0.6) is 0 Å². The lowest BCUT2D eigenvalue weighted by Crippen LogP contribution is -2.32. The first-order valence-corrected chi connectivity index (χ1v) is 9.56. The Labute approximate surface area is 162 Å².